The number of ether oxygens (including phenoxy) is 1. The molecule has 0 spiro atoms. The van der Waals surface area contributed by atoms with Gasteiger partial charge in [-0.05, 0) is 51.6 Å². The second-order valence-electron chi connectivity index (χ2n) is 4.85. The van der Waals surface area contributed by atoms with E-state index >= 15 is 0 Å². The van der Waals surface area contributed by atoms with E-state index in [1.165, 1.54) is 6.07 Å². The van der Waals surface area contributed by atoms with Crippen LogP contribution in [0.1, 0.15) is 17.5 Å². The first kappa shape index (κ1) is 16.3. The Labute approximate surface area is 119 Å². The fourth-order valence-electron chi connectivity index (χ4n) is 1.84. The monoisotopic (exact) mass is 305 g/mol. The number of nitrogens with zero attached hydrogens (tertiary/aromatic N) is 1. The fourth-order valence-corrected chi connectivity index (χ4v) is 2.95. The molecule has 0 fully saturated rings. The molecule has 0 aliphatic heterocycles. The van der Waals surface area contributed by atoms with Crippen molar-refractivity contribution in [3.05, 3.63) is 23.3 Å². The molecule has 0 amide bonds. The zero-order valence-corrected chi connectivity index (χ0v) is 13.3. The van der Waals surface area contributed by atoms with Gasteiger partial charge in [-0.3, -0.25) is 0 Å². The summed E-state index contributed by atoms with van der Waals surface area (Å²) in [4.78, 5) is 2.10. The van der Waals surface area contributed by atoms with Crippen LogP contribution >= 0.6 is 10.7 Å². The lowest BCUT2D eigenvalue weighted by atomic mass is 10.1. The summed E-state index contributed by atoms with van der Waals surface area (Å²) in [6.45, 7) is 4.99. The number of aryl methyl sites for hydroxylation is 2. The minimum absolute atomic E-state index is 0.0523. The predicted molar refractivity (Wildman–Crippen MR) is 77.6 cm³/mol. The van der Waals surface area contributed by atoms with E-state index in [4.69, 9.17) is 15.4 Å². The van der Waals surface area contributed by atoms with Crippen molar-refractivity contribution in [3.8, 4) is 5.75 Å². The van der Waals surface area contributed by atoms with Gasteiger partial charge in [0, 0.05) is 17.2 Å². The van der Waals surface area contributed by atoms with Gasteiger partial charge in [0.25, 0.3) is 9.05 Å². The van der Waals surface area contributed by atoms with Gasteiger partial charge in [0.05, 0.1) is 6.61 Å². The van der Waals surface area contributed by atoms with Crippen molar-refractivity contribution in [3.63, 3.8) is 0 Å². The van der Waals surface area contributed by atoms with Gasteiger partial charge in [-0.1, -0.05) is 6.07 Å². The summed E-state index contributed by atoms with van der Waals surface area (Å²) in [5, 5.41) is 0. The van der Waals surface area contributed by atoms with Crippen LogP contribution in [0.5, 0.6) is 5.75 Å². The molecule has 1 aromatic rings. The Morgan fingerprint density at radius 2 is 1.89 bits per heavy atom. The molecule has 1 rings (SSSR count). The number of benzene rings is 1. The zero-order valence-electron chi connectivity index (χ0n) is 11.7. The molecule has 0 bridgehead atoms. The van der Waals surface area contributed by atoms with Crippen molar-refractivity contribution in [2.75, 3.05) is 27.2 Å². The Bertz CT molecular complexity index is 541. The maximum atomic E-state index is 11.6. The molecule has 0 saturated heterocycles. The number of hydrogen-bond acceptors (Lipinski definition) is 4. The van der Waals surface area contributed by atoms with Crippen LogP contribution in [0.3, 0.4) is 0 Å². The predicted octanol–water partition coefficient (Wildman–Crippen LogP) is 2.56. The lowest BCUT2D eigenvalue weighted by molar-refractivity contribution is 0.274. The van der Waals surface area contributed by atoms with Gasteiger partial charge >= 0.3 is 0 Å². The molecular formula is C13H20ClNO3S. The van der Waals surface area contributed by atoms with E-state index in [2.05, 4.69) is 0 Å². The molecular weight excluding hydrogens is 286 g/mol. The minimum atomic E-state index is -3.80. The molecule has 0 saturated carbocycles. The molecule has 0 aromatic heterocycles. The van der Waals surface area contributed by atoms with E-state index in [0.717, 1.165) is 24.1 Å². The van der Waals surface area contributed by atoms with Crippen LogP contribution in [0.2, 0.25) is 0 Å². The third-order valence-electron chi connectivity index (χ3n) is 2.64. The van der Waals surface area contributed by atoms with E-state index in [9.17, 15) is 8.42 Å². The molecule has 0 N–H and O–H groups in total. The van der Waals surface area contributed by atoms with Crippen LogP contribution in [0.15, 0.2) is 17.0 Å². The van der Waals surface area contributed by atoms with Crippen molar-refractivity contribution in [2.24, 2.45) is 0 Å². The fraction of sp³-hybridized carbons (Fsp3) is 0.538. The Kier molecular flexibility index (Phi) is 5.64. The molecule has 0 atom stereocenters. The highest BCUT2D eigenvalue weighted by Crippen LogP contribution is 2.31. The summed E-state index contributed by atoms with van der Waals surface area (Å²) in [6, 6.07) is 3.42. The Morgan fingerprint density at radius 1 is 1.26 bits per heavy atom. The van der Waals surface area contributed by atoms with Gasteiger partial charge in [-0.15, -0.1) is 0 Å². The Hall–Kier alpha value is -0.780. The second kappa shape index (κ2) is 6.59. The van der Waals surface area contributed by atoms with Crippen LogP contribution in [0.4, 0.5) is 0 Å². The first-order valence-corrected chi connectivity index (χ1v) is 8.36. The van der Waals surface area contributed by atoms with E-state index in [-0.39, 0.29) is 4.90 Å². The second-order valence-corrected chi connectivity index (χ2v) is 7.39. The van der Waals surface area contributed by atoms with Crippen molar-refractivity contribution in [1.82, 2.24) is 4.90 Å². The lowest BCUT2D eigenvalue weighted by Gasteiger charge is -2.15. The minimum Gasteiger partial charge on any atom is -0.492 e. The van der Waals surface area contributed by atoms with Gasteiger partial charge in [-0.2, -0.15) is 0 Å². The van der Waals surface area contributed by atoms with Crippen LogP contribution in [0, 0.1) is 13.8 Å². The molecule has 6 heteroatoms. The summed E-state index contributed by atoms with van der Waals surface area (Å²) < 4.78 is 28.8. The van der Waals surface area contributed by atoms with Gasteiger partial charge < -0.3 is 9.64 Å². The molecule has 108 valence electrons. The number of halogens is 1. The van der Waals surface area contributed by atoms with Crippen molar-refractivity contribution < 1.29 is 13.2 Å². The summed E-state index contributed by atoms with van der Waals surface area (Å²) in [5.41, 5.74) is 1.63. The molecule has 0 aliphatic rings. The largest absolute Gasteiger partial charge is 0.492 e. The zero-order chi connectivity index (χ0) is 14.6. The molecule has 4 nitrogen and oxygen atoms in total. The van der Waals surface area contributed by atoms with E-state index in [1.807, 2.05) is 38.9 Å². The third-order valence-corrected chi connectivity index (χ3v) is 3.97. The molecule has 19 heavy (non-hydrogen) atoms. The quantitative estimate of drug-likeness (QED) is 0.598. The van der Waals surface area contributed by atoms with Crippen LogP contribution in [-0.2, 0) is 9.05 Å². The van der Waals surface area contributed by atoms with Gasteiger partial charge in [-0.25, -0.2) is 8.42 Å². The first-order valence-electron chi connectivity index (χ1n) is 6.05. The smallest absolute Gasteiger partial charge is 0.265 e. The average Bonchev–Trinajstić information content (AvgIpc) is 2.24. The molecule has 0 radical (unpaired) electrons. The maximum Gasteiger partial charge on any atom is 0.265 e. The van der Waals surface area contributed by atoms with Crippen LogP contribution in [0.25, 0.3) is 0 Å². The number of rotatable bonds is 6. The summed E-state index contributed by atoms with van der Waals surface area (Å²) >= 11 is 0. The van der Waals surface area contributed by atoms with Crippen molar-refractivity contribution in [2.45, 2.75) is 25.2 Å². The standard InChI is InChI=1S/C13H20ClNO3S/c1-10-8-11(2)13(12(9-10)19(14,16)17)18-7-5-6-15(3)4/h8-9H,5-7H2,1-4H3. The van der Waals surface area contributed by atoms with Crippen LogP contribution in [-0.4, -0.2) is 40.6 Å². The highest BCUT2D eigenvalue weighted by Gasteiger charge is 2.19. The van der Waals surface area contributed by atoms with Crippen molar-refractivity contribution in [1.29, 1.82) is 0 Å². The van der Waals surface area contributed by atoms with Crippen LogP contribution < -0.4 is 4.74 Å². The van der Waals surface area contributed by atoms with Gasteiger partial charge in [0.15, 0.2) is 0 Å². The highest BCUT2D eigenvalue weighted by molar-refractivity contribution is 8.13. The third kappa shape index (κ3) is 5.01. The summed E-state index contributed by atoms with van der Waals surface area (Å²) in [6.07, 6.45) is 0.822. The van der Waals surface area contributed by atoms with Gasteiger partial charge in [0.1, 0.15) is 10.6 Å². The molecule has 0 unspecified atom stereocenters. The maximum absolute atomic E-state index is 11.6. The molecule has 1 aromatic carbocycles. The normalized spacial score (nSPS) is 11.9. The SMILES string of the molecule is Cc1cc(C)c(OCCCN(C)C)c(S(=O)(=O)Cl)c1. The van der Waals surface area contributed by atoms with E-state index in [0.29, 0.717) is 12.4 Å². The topological polar surface area (TPSA) is 46.6 Å². The highest BCUT2D eigenvalue weighted by atomic mass is 35.7. The van der Waals surface area contributed by atoms with E-state index < -0.39 is 9.05 Å². The van der Waals surface area contributed by atoms with Crippen molar-refractivity contribution >= 4 is 19.7 Å². The Morgan fingerprint density at radius 3 is 2.42 bits per heavy atom. The first-order chi connectivity index (χ1) is 8.71. The molecule has 0 aliphatic carbocycles. The Balaban J connectivity index is 2.93. The number of hydrogen-bond donors (Lipinski definition) is 0. The lowest BCUT2D eigenvalue weighted by Crippen LogP contribution is -2.16. The molecule has 0 heterocycles. The van der Waals surface area contributed by atoms with E-state index in [1.54, 1.807) is 0 Å². The summed E-state index contributed by atoms with van der Waals surface area (Å²) in [5.74, 6) is 0.361. The van der Waals surface area contributed by atoms with Gasteiger partial charge in [0.2, 0.25) is 0 Å². The average molecular weight is 306 g/mol. The summed E-state index contributed by atoms with van der Waals surface area (Å²) in [7, 11) is 5.62.